The van der Waals surface area contributed by atoms with Gasteiger partial charge in [-0.1, -0.05) is 37.3 Å². The highest BCUT2D eigenvalue weighted by atomic mass is 127. The van der Waals surface area contributed by atoms with E-state index in [0.29, 0.717) is 12.5 Å². The van der Waals surface area contributed by atoms with Gasteiger partial charge in [0.2, 0.25) is 0 Å². The minimum atomic E-state index is 0. The van der Waals surface area contributed by atoms with Gasteiger partial charge in [-0.3, -0.25) is 0 Å². The SMILES string of the molecule is CC(CN(C)C(=NCc1ccccc1)NCCc1ccco1)c1nccs1.I. The molecule has 1 atom stereocenters. The van der Waals surface area contributed by atoms with Crippen LogP contribution in [0, 0.1) is 0 Å². The number of hydrogen-bond acceptors (Lipinski definition) is 4. The molecular weight excluding hydrogens is 483 g/mol. The Hall–Kier alpha value is -1.87. The Bertz CT molecular complexity index is 806. The van der Waals surface area contributed by atoms with E-state index in [4.69, 9.17) is 9.41 Å². The number of rotatable bonds is 8. The van der Waals surface area contributed by atoms with Crippen molar-refractivity contribution in [3.8, 4) is 0 Å². The van der Waals surface area contributed by atoms with Crippen molar-refractivity contribution in [1.82, 2.24) is 15.2 Å². The van der Waals surface area contributed by atoms with Crippen LogP contribution in [0.15, 0.2) is 69.7 Å². The van der Waals surface area contributed by atoms with Gasteiger partial charge in [-0.25, -0.2) is 9.98 Å². The number of guanidine groups is 1. The van der Waals surface area contributed by atoms with Crippen LogP contribution in [-0.2, 0) is 13.0 Å². The van der Waals surface area contributed by atoms with E-state index in [1.54, 1.807) is 17.6 Å². The lowest BCUT2D eigenvalue weighted by Crippen LogP contribution is -2.41. The van der Waals surface area contributed by atoms with Crippen LogP contribution < -0.4 is 5.32 Å². The zero-order valence-corrected chi connectivity index (χ0v) is 19.4. The molecule has 3 aromatic rings. The van der Waals surface area contributed by atoms with E-state index in [9.17, 15) is 0 Å². The van der Waals surface area contributed by atoms with Gasteiger partial charge < -0.3 is 14.6 Å². The van der Waals surface area contributed by atoms with Crippen molar-refractivity contribution in [3.63, 3.8) is 0 Å². The second kappa shape index (κ2) is 11.9. The van der Waals surface area contributed by atoms with Gasteiger partial charge in [-0.05, 0) is 17.7 Å². The van der Waals surface area contributed by atoms with E-state index in [0.717, 1.165) is 36.2 Å². The van der Waals surface area contributed by atoms with Crippen LogP contribution in [0.5, 0.6) is 0 Å². The summed E-state index contributed by atoms with van der Waals surface area (Å²) in [4.78, 5) is 11.4. The molecule has 0 aliphatic carbocycles. The van der Waals surface area contributed by atoms with Crippen LogP contribution in [0.25, 0.3) is 0 Å². The van der Waals surface area contributed by atoms with Crippen molar-refractivity contribution in [2.45, 2.75) is 25.8 Å². The first kappa shape index (κ1) is 22.4. The van der Waals surface area contributed by atoms with E-state index in [-0.39, 0.29) is 24.0 Å². The van der Waals surface area contributed by atoms with Gasteiger partial charge in [-0.2, -0.15) is 0 Å². The molecule has 1 aromatic carbocycles. The molecule has 150 valence electrons. The number of likely N-dealkylation sites (N-methyl/N-ethyl adjacent to an activating group) is 1. The maximum atomic E-state index is 5.42. The third-order valence-corrected chi connectivity index (χ3v) is 5.28. The molecule has 0 amide bonds. The van der Waals surface area contributed by atoms with Crippen LogP contribution in [-0.4, -0.2) is 36.0 Å². The normalized spacial score (nSPS) is 12.3. The van der Waals surface area contributed by atoms with Crippen LogP contribution in [0.3, 0.4) is 0 Å². The smallest absolute Gasteiger partial charge is 0.194 e. The largest absolute Gasteiger partial charge is 0.469 e. The molecule has 28 heavy (non-hydrogen) atoms. The fraction of sp³-hybridized carbons (Fsp3) is 0.333. The minimum Gasteiger partial charge on any atom is -0.469 e. The summed E-state index contributed by atoms with van der Waals surface area (Å²) < 4.78 is 5.42. The topological polar surface area (TPSA) is 53.7 Å². The van der Waals surface area contributed by atoms with Crippen molar-refractivity contribution < 1.29 is 4.42 Å². The molecule has 2 aromatic heterocycles. The van der Waals surface area contributed by atoms with Crippen LogP contribution >= 0.6 is 35.3 Å². The van der Waals surface area contributed by atoms with Crippen LogP contribution in [0.4, 0.5) is 0 Å². The van der Waals surface area contributed by atoms with E-state index in [1.165, 1.54) is 5.56 Å². The second-order valence-corrected chi connectivity index (χ2v) is 7.46. The standard InChI is InChI=1S/C21H26N4OS.HI/c1-17(20-22-12-14-27-20)16-25(2)21(23-11-10-19-9-6-13-26-19)24-15-18-7-4-3-5-8-18;/h3-9,12-14,17H,10-11,15-16H2,1-2H3,(H,23,24);1H. The zero-order chi connectivity index (χ0) is 18.9. The number of hydrogen-bond donors (Lipinski definition) is 1. The fourth-order valence-corrected chi connectivity index (χ4v) is 3.56. The summed E-state index contributed by atoms with van der Waals surface area (Å²) >= 11 is 1.70. The molecule has 7 heteroatoms. The molecule has 1 N–H and O–H groups in total. The first-order valence-electron chi connectivity index (χ1n) is 9.17. The molecule has 1 unspecified atom stereocenters. The summed E-state index contributed by atoms with van der Waals surface area (Å²) in [6, 6.07) is 14.2. The summed E-state index contributed by atoms with van der Waals surface area (Å²) in [6.45, 7) is 4.49. The predicted octanol–water partition coefficient (Wildman–Crippen LogP) is 4.78. The van der Waals surface area contributed by atoms with Gasteiger partial charge in [0, 0.05) is 44.1 Å². The van der Waals surface area contributed by atoms with Gasteiger partial charge in [-0.15, -0.1) is 35.3 Å². The van der Waals surface area contributed by atoms with E-state index < -0.39 is 0 Å². The third-order valence-electron chi connectivity index (χ3n) is 4.27. The fourth-order valence-electron chi connectivity index (χ4n) is 2.87. The maximum Gasteiger partial charge on any atom is 0.194 e. The lowest BCUT2D eigenvalue weighted by molar-refractivity contribution is 0.442. The van der Waals surface area contributed by atoms with Gasteiger partial charge >= 0.3 is 0 Å². The van der Waals surface area contributed by atoms with Crippen LogP contribution in [0.1, 0.15) is 29.2 Å². The van der Waals surface area contributed by atoms with Crippen molar-refractivity contribution in [1.29, 1.82) is 0 Å². The highest BCUT2D eigenvalue weighted by Gasteiger charge is 2.14. The minimum absolute atomic E-state index is 0. The van der Waals surface area contributed by atoms with E-state index >= 15 is 0 Å². The molecule has 0 saturated heterocycles. The third kappa shape index (κ3) is 6.94. The molecule has 0 aliphatic heterocycles. The predicted molar refractivity (Wildman–Crippen MR) is 127 cm³/mol. The monoisotopic (exact) mass is 510 g/mol. The number of benzene rings is 1. The summed E-state index contributed by atoms with van der Waals surface area (Å²) in [5.41, 5.74) is 1.20. The van der Waals surface area contributed by atoms with Crippen molar-refractivity contribution in [3.05, 3.63) is 76.6 Å². The lowest BCUT2D eigenvalue weighted by Gasteiger charge is -2.25. The molecule has 2 heterocycles. The Kier molecular flexibility index (Phi) is 9.49. The lowest BCUT2D eigenvalue weighted by atomic mass is 10.2. The first-order chi connectivity index (χ1) is 13.2. The highest BCUT2D eigenvalue weighted by molar-refractivity contribution is 14.0. The Morgan fingerprint density at radius 2 is 2.07 bits per heavy atom. The number of furan rings is 1. The number of nitrogens with one attached hydrogen (secondary N) is 1. The first-order valence-corrected chi connectivity index (χ1v) is 10.1. The summed E-state index contributed by atoms with van der Waals surface area (Å²) in [7, 11) is 2.08. The molecule has 5 nitrogen and oxygen atoms in total. The van der Waals surface area contributed by atoms with Crippen molar-refractivity contribution in [2.24, 2.45) is 4.99 Å². The summed E-state index contributed by atoms with van der Waals surface area (Å²) in [6.07, 6.45) is 4.40. The Balaban J connectivity index is 0.00000280. The summed E-state index contributed by atoms with van der Waals surface area (Å²) in [5.74, 6) is 2.22. The second-order valence-electron chi connectivity index (χ2n) is 6.53. The molecule has 0 saturated carbocycles. The number of halogens is 1. The molecule has 0 aliphatic rings. The quantitative estimate of drug-likeness (QED) is 0.269. The molecule has 0 radical (unpaired) electrons. The van der Waals surface area contributed by atoms with E-state index in [1.807, 2.05) is 41.9 Å². The zero-order valence-electron chi connectivity index (χ0n) is 16.2. The Morgan fingerprint density at radius 1 is 1.25 bits per heavy atom. The molecule has 0 fully saturated rings. The number of nitrogens with zero attached hydrogens (tertiary/aromatic N) is 3. The number of thiazole rings is 1. The molecular formula is C21H27IN4OS. The van der Waals surface area contributed by atoms with E-state index in [2.05, 4.69) is 41.3 Å². The van der Waals surface area contributed by atoms with Crippen LogP contribution in [0.2, 0.25) is 0 Å². The summed E-state index contributed by atoms with van der Waals surface area (Å²) in [5, 5.41) is 6.66. The molecule has 0 bridgehead atoms. The van der Waals surface area contributed by atoms with Gasteiger partial charge in [0.15, 0.2) is 5.96 Å². The molecule has 0 spiro atoms. The highest BCUT2D eigenvalue weighted by Crippen LogP contribution is 2.18. The number of aromatic nitrogens is 1. The number of aliphatic imine (C=N–C) groups is 1. The van der Waals surface area contributed by atoms with Crippen molar-refractivity contribution in [2.75, 3.05) is 20.1 Å². The van der Waals surface area contributed by atoms with Crippen molar-refractivity contribution >= 4 is 41.3 Å². The Labute approximate surface area is 187 Å². The Morgan fingerprint density at radius 3 is 2.75 bits per heavy atom. The average Bonchev–Trinajstić information content (AvgIpc) is 3.39. The van der Waals surface area contributed by atoms with Gasteiger partial charge in [0.25, 0.3) is 0 Å². The average molecular weight is 510 g/mol. The molecule has 3 rings (SSSR count). The van der Waals surface area contributed by atoms with Gasteiger partial charge in [0.1, 0.15) is 5.76 Å². The maximum absolute atomic E-state index is 5.42. The van der Waals surface area contributed by atoms with Gasteiger partial charge in [0.05, 0.1) is 17.8 Å².